The number of ether oxygens (including phenoxy) is 2. The quantitative estimate of drug-likeness (QED) is 0.323. The van der Waals surface area contributed by atoms with Gasteiger partial charge < -0.3 is 9.47 Å². The molecule has 0 aromatic heterocycles. The van der Waals surface area contributed by atoms with Gasteiger partial charge in [0.2, 0.25) is 0 Å². The topological polar surface area (TPSA) is 85.4 Å². The molecule has 0 heterocycles. The molecule has 128 valence electrons. The fraction of sp³-hybridized carbons (Fsp3) is 0.167. The summed E-state index contributed by atoms with van der Waals surface area (Å²) in [6.07, 6.45) is 1.63. The van der Waals surface area contributed by atoms with Crippen molar-refractivity contribution in [1.29, 1.82) is 5.26 Å². The maximum atomic E-state index is 10.7. The number of non-ortho nitro benzene ring substituents is 1. The first-order chi connectivity index (χ1) is 12.0. The van der Waals surface area contributed by atoms with E-state index < -0.39 is 4.92 Å². The summed E-state index contributed by atoms with van der Waals surface area (Å²) >= 11 is 6.21. The third-order valence-corrected chi connectivity index (χ3v) is 3.64. The second-order valence-corrected chi connectivity index (χ2v) is 5.35. The first-order valence-electron chi connectivity index (χ1n) is 7.37. The van der Waals surface area contributed by atoms with Gasteiger partial charge in [0, 0.05) is 12.1 Å². The SMILES string of the molecule is CCOc1cc(/C=C(/C#N)c2ccc([N+](=O)[O-])cc2)cc(Cl)c1OC. The number of methoxy groups -OCH3 is 1. The van der Waals surface area contributed by atoms with E-state index in [9.17, 15) is 15.4 Å². The lowest BCUT2D eigenvalue weighted by Gasteiger charge is -2.12. The molecule has 0 aliphatic rings. The molecule has 2 rings (SSSR count). The number of nitro benzene ring substituents is 1. The van der Waals surface area contributed by atoms with Crippen LogP contribution in [0.5, 0.6) is 11.5 Å². The Hall–Kier alpha value is -3.04. The van der Waals surface area contributed by atoms with Gasteiger partial charge in [-0.2, -0.15) is 5.26 Å². The highest BCUT2D eigenvalue weighted by molar-refractivity contribution is 6.32. The molecule has 0 atom stereocenters. The zero-order valence-electron chi connectivity index (χ0n) is 13.7. The molecule has 0 spiro atoms. The molecule has 0 bridgehead atoms. The Morgan fingerprint density at radius 2 is 2.04 bits per heavy atom. The van der Waals surface area contributed by atoms with E-state index in [1.54, 1.807) is 18.2 Å². The smallest absolute Gasteiger partial charge is 0.269 e. The van der Waals surface area contributed by atoms with Crippen molar-refractivity contribution < 1.29 is 14.4 Å². The second-order valence-electron chi connectivity index (χ2n) is 4.94. The zero-order valence-corrected chi connectivity index (χ0v) is 14.4. The molecule has 0 amide bonds. The van der Waals surface area contributed by atoms with E-state index in [0.29, 0.717) is 39.8 Å². The van der Waals surface area contributed by atoms with Gasteiger partial charge in [-0.25, -0.2) is 0 Å². The Labute approximate surface area is 150 Å². The average molecular weight is 359 g/mol. The van der Waals surface area contributed by atoms with Crippen LogP contribution in [0.2, 0.25) is 5.02 Å². The highest BCUT2D eigenvalue weighted by atomic mass is 35.5. The predicted molar refractivity (Wildman–Crippen MR) is 95.8 cm³/mol. The van der Waals surface area contributed by atoms with Crippen LogP contribution in [0.1, 0.15) is 18.1 Å². The molecule has 7 heteroatoms. The molecular formula is C18H15ClN2O4. The van der Waals surface area contributed by atoms with Gasteiger partial charge in [-0.1, -0.05) is 11.6 Å². The lowest BCUT2D eigenvalue weighted by Crippen LogP contribution is -1.96. The highest BCUT2D eigenvalue weighted by Gasteiger charge is 2.12. The van der Waals surface area contributed by atoms with Gasteiger partial charge in [0.15, 0.2) is 11.5 Å². The Balaban J connectivity index is 2.45. The van der Waals surface area contributed by atoms with Crippen LogP contribution in [0.25, 0.3) is 11.6 Å². The van der Waals surface area contributed by atoms with Gasteiger partial charge >= 0.3 is 0 Å². The molecule has 0 unspecified atom stereocenters. The highest BCUT2D eigenvalue weighted by Crippen LogP contribution is 2.37. The molecule has 2 aromatic carbocycles. The molecule has 6 nitrogen and oxygen atoms in total. The Morgan fingerprint density at radius 3 is 2.56 bits per heavy atom. The van der Waals surface area contributed by atoms with Crippen LogP contribution in [0.15, 0.2) is 36.4 Å². The predicted octanol–water partition coefficient (Wildman–Crippen LogP) is 4.72. The van der Waals surface area contributed by atoms with Gasteiger partial charge in [0.1, 0.15) is 0 Å². The number of benzene rings is 2. The monoisotopic (exact) mass is 358 g/mol. The molecule has 0 saturated heterocycles. The minimum atomic E-state index is -0.489. The first kappa shape index (κ1) is 18.3. The number of nitro groups is 1. The Morgan fingerprint density at radius 1 is 1.36 bits per heavy atom. The van der Waals surface area contributed by atoms with Gasteiger partial charge in [-0.05, 0) is 48.4 Å². The summed E-state index contributed by atoms with van der Waals surface area (Å²) in [5, 5.41) is 20.5. The number of rotatable bonds is 6. The Kier molecular flexibility index (Phi) is 5.98. The van der Waals surface area contributed by atoms with Gasteiger partial charge in [-0.3, -0.25) is 10.1 Å². The summed E-state index contributed by atoms with van der Waals surface area (Å²) < 4.78 is 10.7. The zero-order chi connectivity index (χ0) is 18.4. The molecule has 0 fully saturated rings. The van der Waals surface area contributed by atoms with E-state index in [-0.39, 0.29) is 5.69 Å². The summed E-state index contributed by atoms with van der Waals surface area (Å²) in [5.41, 5.74) is 1.54. The van der Waals surface area contributed by atoms with Crippen LogP contribution in [-0.4, -0.2) is 18.6 Å². The van der Waals surface area contributed by atoms with Gasteiger partial charge in [-0.15, -0.1) is 0 Å². The first-order valence-corrected chi connectivity index (χ1v) is 7.75. The van der Waals surface area contributed by atoms with Crippen LogP contribution >= 0.6 is 11.6 Å². The lowest BCUT2D eigenvalue weighted by molar-refractivity contribution is -0.384. The third-order valence-electron chi connectivity index (χ3n) is 3.36. The van der Waals surface area contributed by atoms with Crippen molar-refractivity contribution in [2.75, 3.05) is 13.7 Å². The fourth-order valence-corrected chi connectivity index (χ4v) is 2.54. The molecule has 25 heavy (non-hydrogen) atoms. The normalized spacial score (nSPS) is 10.9. The summed E-state index contributed by atoms with van der Waals surface area (Å²) in [6, 6.07) is 11.2. The summed E-state index contributed by atoms with van der Waals surface area (Å²) in [7, 11) is 1.50. The summed E-state index contributed by atoms with van der Waals surface area (Å²) in [4.78, 5) is 10.2. The van der Waals surface area contributed by atoms with E-state index in [4.69, 9.17) is 21.1 Å². The molecular weight excluding hydrogens is 344 g/mol. The van der Waals surface area contributed by atoms with Crippen molar-refractivity contribution in [1.82, 2.24) is 0 Å². The van der Waals surface area contributed by atoms with E-state index >= 15 is 0 Å². The minimum absolute atomic E-state index is 0.0350. The minimum Gasteiger partial charge on any atom is -0.491 e. The largest absolute Gasteiger partial charge is 0.491 e. The molecule has 0 N–H and O–H groups in total. The number of hydrogen-bond donors (Lipinski definition) is 0. The van der Waals surface area contributed by atoms with Crippen molar-refractivity contribution in [2.45, 2.75) is 6.92 Å². The van der Waals surface area contributed by atoms with E-state index in [2.05, 4.69) is 6.07 Å². The van der Waals surface area contributed by atoms with Crippen LogP contribution in [0.4, 0.5) is 5.69 Å². The van der Waals surface area contributed by atoms with Crippen LogP contribution < -0.4 is 9.47 Å². The van der Waals surface area contributed by atoms with E-state index in [1.807, 2.05) is 6.92 Å². The van der Waals surface area contributed by atoms with Crippen molar-refractivity contribution in [3.05, 3.63) is 62.7 Å². The average Bonchev–Trinajstić information content (AvgIpc) is 2.60. The van der Waals surface area contributed by atoms with E-state index in [0.717, 1.165) is 0 Å². The van der Waals surface area contributed by atoms with Crippen molar-refractivity contribution in [2.24, 2.45) is 0 Å². The number of halogens is 1. The Bertz CT molecular complexity index is 855. The lowest BCUT2D eigenvalue weighted by atomic mass is 10.0. The number of nitrogens with zero attached hydrogens (tertiary/aromatic N) is 2. The van der Waals surface area contributed by atoms with Crippen molar-refractivity contribution in [3.63, 3.8) is 0 Å². The third kappa shape index (κ3) is 4.28. The maximum Gasteiger partial charge on any atom is 0.269 e. The standard InChI is InChI=1S/C18H15ClN2O4/c1-3-25-17-10-12(9-16(19)18(17)24-2)8-14(11-20)13-4-6-15(7-5-13)21(22)23/h4-10H,3H2,1-2H3/b14-8-. The summed E-state index contributed by atoms with van der Waals surface area (Å²) in [6.45, 7) is 2.28. The molecule has 0 radical (unpaired) electrons. The molecule has 0 aliphatic carbocycles. The van der Waals surface area contributed by atoms with E-state index in [1.165, 1.54) is 31.4 Å². The number of nitriles is 1. The van der Waals surface area contributed by atoms with Crippen molar-refractivity contribution >= 4 is 28.9 Å². The molecule has 0 aliphatic heterocycles. The van der Waals surface area contributed by atoms with Gasteiger partial charge in [0.05, 0.1) is 35.3 Å². The number of allylic oxidation sites excluding steroid dienone is 1. The van der Waals surface area contributed by atoms with Crippen LogP contribution in [0, 0.1) is 21.4 Å². The van der Waals surface area contributed by atoms with Crippen LogP contribution in [-0.2, 0) is 0 Å². The second kappa shape index (κ2) is 8.18. The van der Waals surface area contributed by atoms with Crippen molar-refractivity contribution in [3.8, 4) is 17.6 Å². The summed E-state index contributed by atoms with van der Waals surface area (Å²) in [5.74, 6) is 0.902. The maximum absolute atomic E-state index is 10.7. The number of hydrogen-bond acceptors (Lipinski definition) is 5. The molecule has 0 saturated carbocycles. The fourth-order valence-electron chi connectivity index (χ4n) is 2.24. The molecule has 2 aromatic rings. The van der Waals surface area contributed by atoms with Gasteiger partial charge in [0.25, 0.3) is 5.69 Å². The van der Waals surface area contributed by atoms with Crippen LogP contribution in [0.3, 0.4) is 0 Å².